The number of nitrogens with one attached hydrogen (secondary N) is 1. The van der Waals surface area contributed by atoms with Gasteiger partial charge in [0.1, 0.15) is 0 Å². The summed E-state index contributed by atoms with van der Waals surface area (Å²) in [6.45, 7) is 13.2. The highest BCUT2D eigenvalue weighted by Crippen LogP contribution is 2.51. The van der Waals surface area contributed by atoms with Crippen molar-refractivity contribution < 1.29 is 4.84 Å². The van der Waals surface area contributed by atoms with E-state index in [9.17, 15) is 0 Å². The predicted molar refractivity (Wildman–Crippen MR) is 45.9 cm³/mol. The Labute approximate surface area is 69.3 Å². The van der Waals surface area contributed by atoms with Crippen molar-refractivity contribution in [2.24, 2.45) is 10.8 Å². The van der Waals surface area contributed by atoms with Crippen molar-refractivity contribution in [1.82, 2.24) is 5.48 Å². The maximum Gasteiger partial charge on any atom is 0.171 e. The second-order valence-corrected chi connectivity index (χ2v) is 5.39. The van der Waals surface area contributed by atoms with E-state index in [1.807, 2.05) is 0 Å². The fourth-order valence-corrected chi connectivity index (χ4v) is 1.79. The number of hydrogen-bond donors (Lipinski definition) is 1. The lowest BCUT2D eigenvalue weighted by Gasteiger charge is -2.35. The van der Waals surface area contributed by atoms with Gasteiger partial charge in [-0.3, -0.25) is 4.84 Å². The molecule has 1 saturated heterocycles. The van der Waals surface area contributed by atoms with Crippen LogP contribution < -0.4 is 5.48 Å². The van der Waals surface area contributed by atoms with Crippen LogP contribution in [0.4, 0.5) is 0 Å². The van der Waals surface area contributed by atoms with Crippen LogP contribution in [-0.4, -0.2) is 5.72 Å². The predicted octanol–water partition coefficient (Wildman–Crippen LogP) is 2.31. The summed E-state index contributed by atoms with van der Waals surface area (Å²) in [4.78, 5) is 5.38. The summed E-state index contributed by atoms with van der Waals surface area (Å²) in [7, 11) is 0. The van der Waals surface area contributed by atoms with E-state index < -0.39 is 0 Å². The van der Waals surface area contributed by atoms with Crippen LogP contribution in [0.3, 0.4) is 0 Å². The molecule has 2 heteroatoms. The van der Waals surface area contributed by atoms with Crippen LogP contribution in [0.15, 0.2) is 0 Å². The summed E-state index contributed by atoms with van der Waals surface area (Å²) < 4.78 is 0. The third-order valence-electron chi connectivity index (χ3n) is 2.42. The Bertz CT molecular complexity index is 141. The fourth-order valence-electron chi connectivity index (χ4n) is 1.79. The monoisotopic (exact) mass is 157 g/mol. The zero-order valence-electron chi connectivity index (χ0n) is 8.41. The Kier molecular flexibility index (Phi) is 1.63. The van der Waals surface area contributed by atoms with E-state index in [0.717, 1.165) is 0 Å². The molecule has 0 aliphatic carbocycles. The van der Waals surface area contributed by atoms with Gasteiger partial charge in [0.25, 0.3) is 0 Å². The molecule has 1 N–H and O–H groups in total. The Morgan fingerprint density at radius 2 is 1.18 bits per heavy atom. The van der Waals surface area contributed by atoms with Crippen LogP contribution in [0, 0.1) is 10.8 Å². The largest absolute Gasteiger partial charge is 0.274 e. The van der Waals surface area contributed by atoms with Crippen molar-refractivity contribution in [2.75, 3.05) is 0 Å². The molecule has 0 amide bonds. The molecule has 1 fully saturated rings. The van der Waals surface area contributed by atoms with Gasteiger partial charge >= 0.3 is 0 Å². The normalized spacial score (nSPS) is 23.5. The molecule has 0 spiro atoms. The van der Waals surface area contributed by atoms with Gasteiger partial charge in [0.15, 0.2) is 5.72 Å². The molecule has 0 aromatic heterocycles. The zero-order chi connectivity index (χ0) is 8.91. The summed E-state index contributed by atoms with van der Waals surface area (Å²) in [6, 6.07) is 0. The lowest BCUT2D eigenvalue weighted by Crippen LogP contribution is -2.44. The number of hydrogen-bond acceptors (Lipinski definition) is 2. The molecule has 0 aromatic carbocycles. The van der Waals surface area contributed by atoms with Gasteiger partial charge < -0.3 is 0 Å². The van der Waals surface area contributed by atoms with Gasteiger partial charge in [-0.2, -0.15) is 5.48 Å². The molecule has 1 rings (SSSR count). The van der Waals surface area contributed by atoms with E-state index in [-0.39, 0.29) is 16.6 Å². The van der Waals surface area contributed by atoms with Crippen LogP contribution in [0.1, 0.15) is 41.5 Å². The number of rotatable bonds is 0. The van der Waals surface area contributed by atoms with Crippen LogP contribution in [0.5, 0.6) is 0 Å². The van der Waals surface area contributed by atoms with E-state index in [2.05, 4.69) is 47.0 Å². The molecule has 66 valence electrons. The highest BCUT2D eigenvalue weighted by Gasteiger charge is 2.62. The maximum absolute atomic E-state index is 5.38. The van der Waals surface area contributed by atoms with Crippen LogP contribution in [0.2, 0.25) is 0 Å². The first-order valence-corrected chi connectivity index (χ1v) is 4.16. The first-order valence-electron chi connectivity index (χ1n) is 4.16. The molecule has 11 heavy (non-hydrogen) atoms. The lowest BCUT2D eigenvalue weighted by molar-refractivity contribution is 0.0487. The molecule has 0 unspecified atom stereocenters. The van der Waals surface area contributed by atoms with Crippen molar-refractivity contribution >= 4 is 0 Å². The molecule has 2 nitrogen and oxygen atoms in total. The van der Waals surface area contributed by atoms with Gasteiger partial charge in [0, 0.05) is 10.8 Å². The van der Waals surface area contributed by atoms with Gasteiger partial charge in [0.05, 0.1) is 0 Å². The van der Waals surface area contributed by atoms with E-state index >= 15 is 0 Å². The highest BCUT2D eigenvalue weighted by atomic mass is 16.8. The van der Waals surface area contributed by atoms with Gasteiger partial charge in [-0.15, -0.1) is 0 Å². The van der Waals surface area contributed by atoms with Gasteiger partial charge in [0.2, 0.25) is 0 Å². The topological polar surface area (TPSA) is 34.5 Å². The Morgan fingerprint density at radius 3 is 1.18 bits per heavy atom. The summed E-state index contributed by atoms with van der Waals surface area (Å²) in [6.07, 6.45) is 0. The van der Waals surface area contributed by atoms with Gasteiger partial charge in [-0.1, -0.05) is 41.5 Å². The van der Waals surface area contributed by atoms with Gasteiger partial charge in [-0.05, 0) is 0 Å². The van der Waals surface area contributed by atoms with E-state index in [4.69, 9.17) is 4.84 Å². The zero-order valence-corrected chi connectivity index (χ0v) is 8.41. The Morgan fingerprint density at radius 1 is 0.909 bits per heavy atom. The first kappa shape index (κ1) is 9.01. The third-order valence-corrected chi connectivity index (χ3v) is 2.42. The quantitative estimate of drug-likeness (QED) is 0.547. The molecule has 0 bridgehead atoms. The van der Waals surface area contributed by atoms with E-state index in [1.54, 1.807) is 0 Å². The molecule has 0 atom stereocenters. The number of hydroxylamine groups is 1. The van der Waals surface area contributed by atoms with Crippen molar-refractivity contribution in [3.8, 4) is 0 Å². The Hall–Kier alpha value is -0.0800. The molecule has 1 heterocycles. The molecular weight excluding hydrogens is 138 g/mol. The van der Waals surface area contributed by atoms with Crippen LogP contribution >= 0.6 is 0 Å². The SMILES string of the molecule is CC(C)(C)C1(C(C)(C)C)NO1. The minimum absolute atomic E-state index is 0.125. The van der Waals surface area contributed by atoms with Crippen molar-refractivity contribution in [3.63, 3.8) is 0 Å². The minimum atomic E-state index is -0.125. The maximum atomic E-state index is 5.38. The molecule has 0 radical (unpaired) electrons. The van der Waals surface area contributed by atoms with E-state index in [0.29, 0.717) is 0 Å². The van der Waals surface area contributed by atoms with Crippen molar-refractivity contribution in [2.45, 2.75) is 47.3 Å². The smallest absolute Gasteiger partial charge is 0.171 e. The fraction of sp³-hybridized carbons (Fsp3) is 1.00. The standard InChI is InChI=1S/C9H19NO/c1-7(2,3)9(10-11-9)8(4,5)6/h10H,1-6H3. The van der Waals surface area contributed by atoms with Gasteiger partial charge in [-0.25, -0.2) is 0 Å². The second kappa shape index (κ2) is 1.99. The minimum Gasteiger partial charge on any atom is -0.274 e. The first-order chi connectivity index (χ1) is 4.71. The summed E-state index contributed by atoms with van der Waals surface area (Å²) >= 11 is 0. The highest BCUT2D eigenvalue weighted by molar-refractivity contribution is 5.03. The van der Waals surface area contributed by atoms with Crippen LogP contribution in [0.25, 0.3) is 0 Å². The van der Waals surface area contributed by atoms with Crippen LogP contribution in [-0.2, 0) is 4.84 Å². The average molecular weight is 157 g/mol. The Balaban J connectivity index is 2.85. The molecular formula is C9H19NO. The van der Waals surface area contributed by atoms with Crippen molar-refractivity contribution in [1.29, 1.82) is 0 Å². The second-order valence-electron chi connectivity index (χ2n) is 5.39. The van der Waals surface area contributed by atoms with Crippen molar-refractivity contribution in [3.05, 3.63) is 0 Å². The summed E-state index contributed by atoms with van der Waals surface area (Å²) in [5.74, 6) is 0. The molecule has 1 aliphatic heterocycles. The lowest BCUT2D eigenvalue weighted by atomic mass is 9.70. The summed E-state index contributed by atoms with van der Waals surface area (Å²) in [5.41, 5.74) is 3.22. The van der Waals surface area contributed by atoms with E-state index in [1.165, 1.54) is 0 Å². The summed E-state index contributed by atoms with van der Waals surface area (Å²) in [5, 5.41) is 0. The molecule has 0 aromatic rings. The third kappa shape index (κ3) is 1.18. The average Bonchev–Trinajstić information content (AvgIpc) is 2.31. The molecule has 1 aliphatic rings. The molecule has 0 saturated carbocycles.